The van der Waals surface area contributed by atoms with E-state index in [1.807, 2.05) is 0 Å². The predicted molar refractivity (Wildman–Crippen MR) is 116 cm³/mol. The molecule has 0 spiro atoms. The summed E-state index contributed by atoms with van der Waals surface area (Å²) in [5, 5.41) is 0.752. The topological polar surface area (TPSA) is 93.9 Å². The van der Waals surface area contributed by atoms with Crippen molar-refractivity contribution in [3.05, 3.63) is 70.1 Å². The second kappa shape index (κ2) is 8.64. The van der Waals surface area contributed by atoms with E-state index >= 15 is 0 Å². The summed E-state index contributed by atoms with van der Waals surface area (Å²) in [4.78, 5) is 24.3. The minimum absolute atomic E-state index is 0.161. The van der Waals surface area contributed by atoms with Crippen molar-refractivity contribution >= 4 is 27.0 Å². The Labute approximate surface area is 180 Å². The molecule has 1 aliphatic rings. The first-order chi connectivity index (χ1) is 14.8. The molecule has 162 valence electrons. The Balaban J connectivity index is 1.52. The molecule has 1 aliphatic heterocycles. The van der Waals surface area contributed by atoms with E-state index in [1.54, 1.807) is 19.1 Å². The molecule has 1 aromatic heterocycles. The molecule has 1 fully saturated rings. The van der Waals surface area contributed by atoms with Crippen LogP contribution in [0, 0.1) is 6.92 Å². The molecular weight excluding hydrogens is 418 g/mol. The van der Waals surface area contributed by atoms with Crippen LogP contribution >= 0.6 is 0 Å². The molecule has 7 nitrogen and oxygen atoms in total. The van der Waals surface area contributed by atoms with E-state index in [9.17, 15) is 18.0 Å². The molecule has 0 unspecified atom stereocenters. The van der Waals surface area contributed by atoms with Gasteiger partial charge < -0.3 is 9.15 Å². The summed E-state index contributed by atoms with van der Waals surface area (Å²) < 4.78 is 37.8. The van der Waals surface area contributed by atoms with E-state index in [4.69, 9.17) is 9.15 Å². The quantitative estimate of drug-likeness (QED) is 0.346. The van der Waals surface area contributed by atoms with Crippen molar-refractivity contribution in [2.24, 2.45) is 0 Å². The highest BCUT2D eigenvalue weighted by atomic mass is 32.2. The number of fused-ring (bicyclic) bond motifs is 1. The van der Waals surface area contributed by atoms with Gasteiger partial charge in [-0.2, -0.15) is 4.31 Å². The molecular formula is C23H23NO6S. The van der Waals surface area contributed by atoms with Crippen molar-refractivity contribution in [2.75, 3.05) is 13.1 Å². The highest BCUT2D eigenvalue weighted by Gasteiger charge is 2.25. The van der Waals surface area contributed by atoms with Gasteiger partial charge in [0.2, 0.25) is 10.0 Å². The standard InChI is InChI=1S/C23H23NO6S/c1-16-14-22(25)30-21-15-18(8-11-20(16)21)29-23(26)17-6-9-19(10-7-17)31(27,28)24-12-4-2-3-5-13-24/h6-11,14-15H,2-5,12-13H2,1H3. The molecule has 0 N–H and O–H groups in total. The van der Waals surface area contributed by atoms with Gasteiger partial charge in [0.15, 0.2) is 0 Å². The lowest BCUT2D eigenvalue weighted by atomic mass is 10.1. The number of rotatable bonds is 4. The number of hydrogen-bond acceptors (Lipinski definition) is 6. The van der Waals surface area contributed by atoms with E-state index < -0.39 is 21.6 Å². The second-order valence-corrected chi connectivity index (χ2v) is 9.58. The summed E-state index contributed by atoms with van der Waals surface area (Å²) in [7, 11) is -3.58. The Bertz CT molecular complexity index is 1270. The largest absolute Gasteiger partial charge is 0.423 e. The molecule has 0 atom stereocenters. The molecule has 2 heterocycles. The van der Waals surface area contributed by atoms with Gasteiger partial charge in [-0.3, -0.25) is 0 Å². The van der Waals surface area contributed by atoms with E-state index in [-0.39, 0.29) is 16.2 Å². The molecule has 0 saturated carbocycles. The van der Waals surface area contributed by atoms with Crippen LogP contribution in [0.4, 0.5) is 0 Å². The van der Waals surface area contributed by atoms with Crippen LogP contribution in [0.1, 0.15) is 41.6 Å². The van der Waals surface area contributed by atoms with E-state index in [0.717, 1.165) is 36.6 Å². The maximum absolute atomic E-state index is 12.9. The van der Waals surface area contributed by atoms with Crippen molar-refractivity contribution in [1.82, 2.24) is 4.31 Å². The average Bonchev–Trinajstić information content (AvgIpc) is 3.03. The monoisotopic (exact) mass is 441 g/mol. The summed E-state index contributed by atoms with van der Waals surface area (Å²) in [6, 6.07) is 12.0. The van der Waals surface area contributed by atoms with Crippen molar-refractivity contribution < 1.29 is 22.4 Å². The van der Waals surface area contributed by atoms with Gasteiger partial charge in [-0.25, -0.2) is 18.0 Å². The average molecular weight is 442 g/mol. The third-order valence-corrected chi connectivity index (χ3v) is 7.34. The summed E-state index contributed by atoms with van der Waals surface area (Å²) in [6.45, 7) is 2.83. The minimum atomic E-state index is -3.58. The van der Waals surface area contributed by atoms with Gasteiger partial charge in [0.05, 0.1) is 10.5 Å². The molecule has 8 heteroatoms. The van der Waals surface area contributed by atoms with E-state index in [2.05, 4.69) is 0 Å². The first kappa shape index (κ1) is 21.3. The number of esters is 1. The van der Waals surface area contributed by atoms with Crippen LogP contribution in [-0.2, 0) is 10.0 Å². The van der Waals surface area contributed by atoms with Crippen LogP contribution in [0.3, 0.4) is 0 Å². The molecule has 31 heavy (non-hydrogen) atoms. The highest BCUT2D eigenvalue weighted by molar-refractivity contribution is 7.89. The van der Waals surface area contributed by atoms with Gasteiger partial charge in [-0.1, -0.05) is 12.8 Å². The summed E-state index contributed by atoms with van der Waals surface area (Å²) in [5.74, 6) is -0.402. The Morgan fingerprint density at radius 1 is 0.968 bits per heavy atom. The fourth-order valence-electron chi connectivity index (χ4n) is 3.73. The van der Waals surface area contributed by atoms with Crippen molar-refractivity contribution in [3.8, 4) is 5.75 Å². The fraction of sp³-hybridized carbons (Fsp3) is 0.304. The molecule has 2 aromatic carbocycles. The molecule has 0 aliphatic carbocycles. The predicted octanol–water partition coefficient (Wildman–Crippen LogP) is 3.89. The van der Waals surface area contributed by atoms with Crippen molar-refractivity contribution in [1.29, 1.82) is 0 Å². The molecule has 0 radical (unpaired) electrons. The zero-order valence-corrected chi connectivity index (χ0v) is 18.0. The van der Waals surface area contributed by atoms with Crippen molar-refractivity contribution in [2.45, 2.75) is 37.5 Å². The summed E-state index contributed by atoms with van der Waals surface area (Å²) in [5.41, 5.74) is 0.842. The first-order valence-corrected chi connectivity index (χ1v) is 11.7. The molecule has 0 bridgehead atoms. The van der Waals surface area contributed by atoms with Crippen LogP contribution in [-0.4, -0.2) is 31.8 Å². The number of sulfonamides is 1. The molecule has 4 rings (SSSR count). The number of nitrogens with zero attached hydrogens (tertiary/aromatic N) is 1. The third-order valence-electron chi connectivity index (χ3n) is 5.43. The molecule has 1 saturated heterocycles. The number of hydrogen-bond donors (Lipinski definition) is 0. The van der Waals surface area contributed by atoms with Crippen LogP contribution in [0.5, 0.6) is 5.75 Å². The minimum Gasteiger partial charge on any atom is -0.423 e. The van der Waals surface area contributed by atoms with E-state index in [1.165, 1.54) is 40.7 Å². The third kappa shape index (κ3) is 4.55. The van der Waals surface area contributed by atoms with Gasteiger partial charge in [0.1, 0.15) is 11.3 Å². The Hall–Kier alpha value is -2.97. The SMILES string of the molecule is Cc1cc(=O)oc2cc(OC(=O)c3ccc(S(=O)(=O)N4CCCCCC4)cc3)ccc12. The molecule has 3 aromatic rings. The maximum atomic E-state index is 12.9. The number of carbonyl (C=O) groups is 1. The fourth-order valence-corrected chi connectivity index (χ4v) is 5.25. The summed E-state index contributed by atoms with van der Waals surface area (Å²) >= 11 is 0. The first-order valence-electron chi connectivity index (χ1n) is 10.2. The van der Waals surface area contributed by atoms with Crippen LogP contribution in [0.2, 0.25) is 0 Å². The van der Waals surface area contributed by atoms with Gasteiger partial charge in [-0.05, 0) is 61.7 Å². The zero-order chi connectivity index (χ0) is 22.0. The highest BCUT2D eigenvalue weighted by Crippen LogP contribution is 2.24. The van der Waals surface area contributed by atoms with Crippen LogP contribution in [0.25, 0.3) is 11.0 Å². The smallest absolute Gasteiger partial charge is 0.343 e. The second-order valence-electron chi connectivity index (χ2n) is 7.64. The van der Waals surface area contributed by atoms with E-state index in [0.29, 0.717) is 18.7 Å². The number of benzene rings is 2. The van der Waals surface area contributed by atoms with Gasteiger partial charge in [0.25, 0.3) is 0 Å². The zero-order valence-electron chi connectivity index (χ0n) is 17.2. The van der Waals surface area contributed by atoms with Gasteiger partial charge in [0, 0.05) is 30.6 Å². The Morgan fingerprint density at radius 2 is 1.65 bits per heavy atom. The lowest BCUT2D eigenvalue weighted by Gasteiger charge is -2.20. The van der Waals surface area contributed by atoms with Crippen LogP contribution in [0.15, 0.2) is 62.6 Å². The normalized spacial score (nSPS) is 15.5. The lowest BCUT2D eigenvalue weighted by Crippen LogP contribution is -2.31. The molecule has 0 amide bonds. The Morgan fingerprint density at radius 3 is 2.32 bits per heavy atom. The lowest BCUT2D eigenvalue weighted by molar-refractivity contribution is 0.0735. The number of ether oxygens (including phenoxy) is 1. The maximum Gasteiger partial charge on any atom is 0.343 e. The van der Waals surface area contributed by atoms with Gasteiger partial charge in [-0.15, -0.1) is 0 Å². The summed E-state index contributed by atoms with van der Waals surface area (Å²) in [6.07, 6.45) is 3.78. The van der Waals surface area contributed by atoms with Crippen LogP contribution < -0.4 is 10.4 Å². The Kier molecular flexibility index (Phi) is 5.93. The number of aryl methyl sites for hydroxylation is 1. The number of carbonyl (C=O) groups excluding carboxylic acids is 1. The van der Waals surface area contributed by atoms with Gasteiger partial charge >= 0.3 is 11.6 Å². The van der Waals surface area contributed by atoms with Crippen molar-refractivity contribution in [3.63, 3.8) is 0 Å².